The van der Waals surface area contributed by atoms with Crippen LogP contribution in [0.4, 0.5) is 0 Å². The lowest BCUT2D eigenvalue weighted by Gasteiger charge is -2.20. The molecule has 0 radical (unpaired) electrons. The molecular formula is C15H19N5O4. The fourth-order valence-electron chi connectivity index (χ4n) is 2.19. The standard InChI is InChI=1S/C15H19N5O4/c1-4-9(2)13(15(22)23)17-14(21)10-5-6-12(24-3)11(7-10)20-8-16-18-19-20/h5-9,13H,4H2,1-3H3,(H,17,21)(H,22,23). The summed E-state index contributed by atoms with van der Waals surface area (Å²) in [5.74, 6) is -1.26. The van der Waals surface area contributed by atoms with Crippen LogP contribution in [-0.4, -0.2) is 50.3 Å². The summed E-state index contributed by atoms with van der Waals surface area (Å²) in [6.45, 7) is 3.65. The number of carboxylic acid groups (broad SMARTS) is 1. The zero-order valence-corrected chi connectivity index (χ0v) is 13.6. The normalized spacial score (nSPS) is 13.1. The fraction of sp³-hybridized carbons (Fsp3) is 0.400. The van der Waals surface area contributed by atoms with E-state index in [1.54, 1.807) is 25.1 Å². The van der Waals surface area contributed by atoms with Gasteiger partial charge in [0.25, 0.3) is 5.91 Å². The third kappa shape index (κ3) is 3.67. The first kappa shape index (κ1) is 17.4. The van der Waals surface area contributed by atoms with Crippen LogP contribution in [0.3, 0.4) is 0 Å². The summed E-state index contributed by atoms with van der Waals surface area (Å²) in [4.78, 5) is 23.8. The Morgan fingerprint density at radius 1 is 1.42 bits per heavy atom. The summed E-state index contributed by atoms with van der Waals surface area (Å²) in [6, 6.07) is 3.74. The van der Waals surface area contributed by atoms with E-state index in [0.29, 0.717) is 17.9 Å². The highest BCUT2D eigenvalue weighted by Crippen LogP contribution is 2.23. The second-order valence-electron chi connectivity index (χ2n) is 5.32. The van der Waals surface area contributed by atoms with Crippen molar-refractivity contribution in [2.45, 2.75) is 26.3 Å². The van der Waals surface area contributed by atoms with Crippen LogP contribution in [0.15, 0.2) is 24.5 Å². The fourth-order valence-corrected chi connectivity index (χ4v) is 2.19. The van der Waals surface area contributed by atoms with Crippen molar-refractivity contribution in [2.75, 3.05) is 7.11 Å². The molecule has 0 aliphatic rings. The molecule has 9 heteroatoms. The van der Waals surface area contributed by atoms with Gasteiger partial charge in [-0.25, -0.2) is 4.79 Å². The quantitative estimate of drug-likeness (QED) is 0.772. The minimum atomic E-state index is -1.06. The van der Waals surface area contributed by atoms with Crippen LogP contribution in [0.5, 0.6) is 5.75 Å². The highest BCUT2D eigenvalue weighted by molar-refractivity contribution is 5.97. The van der Waals surface area contributed by atoms with Gasteiger partial charge in [-0.3, -0.25) is 4.79 Å². The van der Waals surface area contributed by atoms with Gasteiger partial charge in [0.1, 0.15) is 23.8 Å². The number of tetrazole rings is 1. The molecule has 2 atom stereocenters. The summed E-state index contributed by atoms with van der Waals surface area (Å²) >= 11 is 0. The van der Waals surface area contributed by atoms with Gasteiger partial charge in [-0.15, -0.1) is 5.10 Å². The number of aromatic nitrogens is 4. The van der Waals surface area contributed by atoms with Crippen LogP contribution in [0.25, 0.3) is 5.69 Å². The number of hydrogen-bond donors (Lipinski definition) is 2. The molecule has 0 aliphatic heterocycles. The summed E-state index contributed by atoms with van der Waals surface area (Å²) in [6.07, 6.45) is 2.01. The Kier molecular flexibility index (Phi) is 5.46. The summed E-state index contributed by atoms with van der Waals surface area (Å²) in [5, 5.41) is 22.7. The first-order chi connectivity index (χ1) is 11.5. The molecule has 1 aromatic carbocycles. The summed E-state index contributed by atoms with van der Waals surface area (Å²) in [5.41, 5.74) is 0.765. The van der Waals surface area contributed by atoms with E-state index in [0.717, 1.165) is 0 Å². The molecule has 0 fully saturated rings. The monoisotopic (exact) mass is 333 g/mol. The number of aliphatic carboxylic acids is 1. The molecule has 0 aliphatic carbocycles. The summed E-state index contributed by atoms with van der Waals surface area (Å²) in [7, 11) is 1.49. The van der Waals surface area contributed by atoms with Crippen molar-refractivity contribution >= 4 is 11.9 Å². The average Bonchev–Trinajstić information content (AvgIpc) is 3.12. The smallest absolute Gasteiger partial charge is 0.326 e. The van der Waals surface area contributed by atoms with Gasteiger partial charge in [0.2, 0.25) is 0 Å². The van der Waals surface area contributed by atoms with Crippen molar-refractivity contribution in [3.8, 4) is 11.4 Å². The number of methoxy groups -OCH3 is 1. The molecule has 0 saturated carbocycles. The van der Waals surface area contributed by atoms with E-state index in [1.807, 2.05) is 6.92 Å². The van der Waals surface area contributed by atoms with Crippen LogP contribution < -0.4 is 10.1 Å². The number of rotatable bonds is 7. The lowest BCUT2D eigenvalue weighted by atomic mass is 9.99. The Hall–Kier alpha value is -2.97. The Morgan fingerprint density at radius 3 is 2.71 bits per heavy atom. The molecule has 1 aromatic heterocycles. The van der Waals surface area contributed by atoms with Crippen LogP contribution in [0.1, 0.15) is 30.6 Å². The largest absolute Gasteiger partial charge is 0.494 e. The maximum atomic E-state index is 12.4. The molecule has 128 valence electrons. The van der Waals surface area contributed by atoms with Crippen LogP contribution in [-0.2, 0) is 4.79 Å². The Labute approximate surface area is 138 Å². The van der Waals surface area contributed by atoms with Crippen molar-refractivity contribution in [1.82, 2.24) is 25.5 Å². The number of hydrogen-bond acceptors (Lipinski definition) is 6. The number of carboxylic acids is 1. The number of carbonyl (C=O) groups is 2. The first-order valence-electron chi connectivity index (χ1n) is 7.43. The van der Waals surface area contributed by atoms with Gasteiger partial charge < -0.3 is 15.2 Å². The minimum absolute atomic E-state index is 0.191. The molecule has 2 aromatic rings. The van der Waals surface area contributed by atoms with E-state index in [2.05, 4.69) is 20.8 Å². The van der Waals surface area contributed by atoms with E-state index in [9.17, 15) is 14.7 Å². The molecule has 2 unspecified atom stereocenters. The zero-order chi connectivity index (χ0) is 17.7. The van der Waals surface area contributed by atoms with E-state index < -0.39 is 17.9 Å². The second kappa shape index (κ2) is 7.53. The molecule has 24 heavy (non-hydrogen) atoms. The molecular weight excluding hydrogens is 314 g/mol. The van der Waals surface area contributed by atoms with Crippen LogP contribution >= 0.6 is 0 Å². The highest BCUT2D eigenvalue weighted by atomic mass is 16.5. The number of nitrogens with zero attached hydrogens (tertiary/aromatic N) is 4. The molecule has 0 spiro atoms. The van der Waals surface area contributed by atoms with Crippen molar-refractivity contribution in [1.29, 1.82) is 0 Å². The van der Waals surface area contributed by atoms with E-state index in [-0.39, 0.29) is 11.5 Å². The van der Waals surface area contributed by atoms with Crippen molar-refractivity contribution < 1.29 is 19.4 Å². The second-order valence-corrected chi connectivity index (χ2v) is 5.32. The number of benzene rings is 1. The van der Waals surface area contributed by atoms with Gasteiger partial charge in [0.05, 0.1) is 7.11 Å². The van der Waals surface area contributed by atoms with E-state index in [1.165, 1.54) is 18.1 Å². The molecule has 0 saturated heterocycles. The number of nitrogens with one attached hydrogen (secondary N) is 1. The average molecular weight is 333 g/mol. The van der Waals surface area contributed by atoms with Gasteiger partial charge in [-0.2, -0.15) is 4.68 Å². The van der Waals surface area contributed by atoms with Gasteiger partial charge in [0, 0.05) is 5.56 Å². The SMILES string of the molecule is CCC(C)C(NC(=O)c1ccc(OC)c(-n2cnnn2)c1)C(=O)O. The van der Waals surface area contributed by atoms with Crippen molar-refractivity contribution in [3.05, 3.63) is 30.1 Å². The van der Waals surface area contributed by atoms with Gasteiger partial charge in [0.15, 0.2) is 0 Å². The predicted octanol–water partition coefficient (Wildman–Crippen LogP) is 0.900. The molecule has 2 rings (SSSR count). The molecule has 0 bridgehead atoms. The Morgan fingerprint density at radius 2 is 2.17 bits per heavy atom. The van der Waals surface area contributed by atoms with Gasteiger partial charge in [-0.1, -0.05) is 20.3 Å². The van der Waals surface area contributed by atoms with Gasteiger partial charge >= 0.3 is 5.97 Å². The molecule has 9 nitrogen and oxygen atoms in total. The van der Waals surface area contributed by atoms with Crippen molar-refractivity contribution in [3.63, 3.8) is 0 Å². The Balaban J connectivity index is 2.30. The highest BCUT2D eigenvalue weighted by Gasteiger charge is 2.26. The maximum Gasteiger partial charge on any atom is 0.326 e. The van der Waals surface area contributed by atoms with Crippen molar-refractivity contribution in [2.24, 2.45) is 5.92 Å². The molecule has 1 heterocycles. The lowest BCUT2D eigenvalue weighted by Crippen LogP contribution is -2.45. The van der Waals surface area contributed by atoms with Gasteiger partial charge in [-0.05, 0) is 34.5 Å². The third-order valence-electron chi connectivity index (χ3n) is 3.80. The minimum Gasteiger partial charge on any atom is -0.494 e. The lowest BCUT2D eigenvalue weighted by molar-refractivity contribution is -0.140. The van der Waals surface area contributed by atoms with Crippen LogP contribution in [0.2, 0.25) is 0 Å². The topological polar surface area (TPSA) is 119 Å². The maximum absolute atomic E-state index is 12.4. The number of carbonyl (C=O) groups excluding carboxylic acids is 1. The first-order valence-corrected chi connectivity index (χ1v) is 7.43. The number of amides is 1. The summed E-state index contributed by atoms with van der Waals surface area (Å²) < 4.78 is 6.60. The predicted molar refractivity (Wildman–Crippen MR) is 84.1 cm³/mol. The number of ether oxygens (including phenoxy) is 1. The zero-order valence-electron chi connectivity index (χ0n) is 13.6. The third-order valence-corrected chi connectivity index (χ3v) is 3.80. The van der Waals surface area contributed by atoms with E-state index in [4.69, 9.17) is 4.74 Å². The van der Waals surface area contributed by atoms with Crippen LogP contribution in [0, 0.1) is 5.92 Å². The molecule has 2 N–H and O–H groups in total. The van der Waals surface area contributed by atoms with E-state index >= 15 is 0 Å². The molecule has 1 amide bonds. The Bertz CT molecular complexity index is 717.